The van der Waals surface area contributed by atoms with Gasteiger partial charge in [0.15, 0.2) is 5.96 Å². The molecule has 0 unspecified atom stereocenters. The Labute approximate surface area is 130 Å². The van der Waals surface area contributed by atoms with Gasteiger partial charge in [-0.05, 0) is 24.8 Å². The van der Waals surface area contributed by atoms with Crippen LogP contribution < -0.4 is 10.6 Å². The van der Waals surface area contributed by atoms with E-state index < -0.39 is 0 Å². The summed E-state index contributed by atoms with van der Waals surface area (Å²) in [4.78, 5) is 9.12. The summed E-state index contributed by atoms with van der Waals surface area (Å²) in [7, 11) is 0. The smallest absolute Gasteiger partial charge is 0.191 e. The fourth-order valence-electron chi connectivity index (χ4n) is 2.07. The van der Waals surface area contributed by atoms with Gasteiger partial charge in [-0.25, -0.2) is 4.99 Å². The molecule has 1 aromatic heterocycles. The molecule has 0 saturated heterocycles. The van der Waals surface area contributed by atoms with Crippen molar-refractivity contribution < 1.29 is 0 Å². The van der Waals surface area contributed by atoms with Crippen molar-refractivity contribution in [3.05, 3.63) is 42.1 Å². The maximum absolute atomic E-state index is 4.65. The predicted octanol–water partition coefficient (Wildman–Crippen LogP) is 2.65. The number of rotatable bonds is 6. The van der Waals surface area contributed by atoms with Crippen molar-refractivity contribution in [3.63, 3.8) is 0 Å². The Balaban J connectivity index is 2.11. The highest BCUT2D eigenvalue weighted by Gasteiger charge is 2.02. The molecular weight excluding hydrogens is 280 g/mol. The Morgan fingerprint density at radius 1 is 1.24 bits per heavy atom. The van der Waals surface area contributed by atoms with Crippen LogP contribution in [0.25, 0.3) is 10.9 Å². The van der Waals surface area contributed by atoms with Crippen LogP contribution in [-0.4, -0.2) is 36.0 Å². The highest BCUT2D eigenvalue weighted by molar-refractivity contribution is 7.98. The number of hydrogen-bond acceptors (Lipinski definition) is 3. The molecule has 0 spiro atoms. The molecule has 0 atom stereocenters. The van der Waals surface area contributed by atoms with E-state index in [0.29, 0.717) is 6.54 Å². The maximum atomic E-state index is 4.65. The number of benzene rings is 1. The Morgan fingerprint density at radius 3 is 2.90 bits per heavy atom. The van der Waals surface area contributed by atoms with E-state index in [1.54, 1.807) is 0 Å². The van der Waals surface area contributed by atoms with Crippen molar-refractivity contribution in [2.24, 2.45) is 4.99 Å². The highest BCUT2D eigenvalue weighted by atomic mass is 32.2. The number of aromatic nitrogens is 1. The van der Waals surface area contributed by atoms with Gasteiger partial charge in [0.05, 0.1) is 12.1 Å². The molecule has 2 N–H and O–H groups in total. The number of guanidine groups is 1. The minimum absolute atomic E-state index is 0.628. The van der Waals surface area contributed by atoms with Crippen molar-refractivity contribution in [1.82, 2.24) is 15.6 Å². The van der Waals surface area contributed by atoms with Gasteiger partial charge in [0, 0.05) is 30.4 Å². The zero-order valence-corrected chi connectivity index (χ0v) is 13.4. The number of hydrogen-bond donors (Lipinski definition) is 2. The SMILES string of the molecule is CCNC(=NCc1cccc2cccnc12)NCCSC. The number of nitrogens with zero attached hydrogens (tertiary/aromatic N) is 2. The molecule has 0 aliphatic carbocycles. The van der Waals surface area contributed by atoms with Crippen LogP contribution in [0.5, 0.6) is 0 Å². The number of nitrogens with one attached hydrogen (secondary N) is 2. The summed E-state index contributed by atoms with van der Waals surface area (Å²) in [5.74, 6) is 1.93. The number of fused-ring (bicyclic) bond motifs is 1. The van der Waals surface area contributed by atoms with Crippen molar-refractivity contribution in [1.29, 1.82) is 0 Å². The molecule has 0 bridgehead atoms. The van der Waals surface area contributed by atoms with Gasteiger partial charge in [0.25, 0.3) is 0 Å². The molecule has 21 heavy (non-hydrogen) atoms. The standard InChI is InChI=1S/C16H22N4S/c1-3-17-16(19-10-11-21-2)20-12-14-7-4-6-13-8-5-9-18-15(13)14/h4-9H,3,10-12H2,1-2H3,(H2,17,19,20). The molecule has 5 heteroatoms. The number of pyridine rings is 1. The van der Waals surface area contributed by atoms with Gasteiger partial charge >= 0.3 is 0 Å². The molecule has 0 saturated carbocycles. The molecule has 2 rings (SSSR count). The minimum Gasteiger partial charge on any atom is -0.357 e. The minimum atomic E-state index is 0.628. The molecule has 1 heterocycles. The van der Waals surface area contributed by atoms with Gasteiger partial charge in [-0.2, -0.15) is 11.8 Å². The molecule has 0 fully saturated rings. The third-order valence-electron chi connectivity index (χ3n) is 3.07. The highest BCUT2D eigenvalue weighted by Crippen LogP contribution is 2.16. The first-order valence-corrected chi connectivity index (χ1v) is 8.58. The first-order chi connectivity index (χ1) is 10.3. The molecule has 2 aromatic rings. The van der Waals surface area contributed by atoms with E-state index in [1.165, 1.54) is 0 Å². The fourth-order valence-corrected chi connectivity index (χ4v) is 2.38. The van der Waals surface area contributed by atoms with Gasteiger partial charge in [0.2, 0.25) is 0 Å². The number of thioether (sulfide) groups is 1. The molecular formula is C16H22N4S. The second kappa shape index (κ2) is 8.52. The van der Waals surface area contributed by atoms with E-state index in [0.717, 1.165) is 41.3 Å². The summed E-state index contributed by atoms with van der Waals surface area (Å²) < 4.78 is 0. The van der Waals surface area contributed by atoms with Crippen LogP contribution in [0.4, 0.5) is 0 Å². The lowest BCUT2D eigenvalue weighted by Crippen LogP contribution is -2.38. The van der Waals surface area contributed by atoms with Crippen molar-refractivity contribution in [2.75, 3.05) is 25.1 Å². The zero-order valence-electron chi connectivity index (χ0n) is 12.6. The summed E-state index contributed by atoms with van der Waals surface area (Å²) in [5.41, 5.74) is 2.18. The average molecular weight is 302 g/mol. The van der Waals surface area contributed by atoms with E-state index in [-0.39, 0.29) is 0 Å². The quantitative estimate of drug-likeness (QED) is 0.489. The predicted molar refractivity (Wildman–Crippen MR) is 92.9 cm³/mol. The zero-order chi connectivity index (χ0) is 14.9. The van der Waals surface area contributed by atoms with Crippen LogP contribution in [-0.2, 0) is 6.54 Å². The average Bonchev–Trinajstić information content (AvgIpc) is 2.53. The monoisotopic (exact) mass is 302 g/mol. The van der Waals surface area contributed by atoms with Gasteiger partial charge in [0.1, 0.15) is 0 Å². The van der Waals surface area contributed by atoms with E-state index in [4.69, 9.17) is 0 Å². The first kappa shape index (κ1) is 15.6. The van der Waals surface area contributed by atoms with E-state index >= 15 is 0 Å². The molecule has 0 radical (unpaired) electrons. The van der Waals surface area contributed by atoms with Crippen LogP contribution in [0.3, 0.4) is 0 Å². The Morgan fingerprint density at radius 2 is 2.10 bits per heavy atom. The number of aliphatic imine (C=N–C) groups is 1. The fraction of sp³-hybridized carbons (Fsp3) is 0.375. The summed E-state index contributed by atoms with van der Waals surface area (Å²) in [5, 5.41) is 7.76. The third-order valence-corrected chi connectivity index (χ3v) is 3.68. The second-order valence-corrected chi connectivity index (χ2v) is 5.59. The van der Waals surface area contributed by atoms with Crippen molar-refractivity contribution in [2.45, 2.75) is 13.5 Å². The second-order valence-electron chi connectivity index (χ2n) is 4.61. The summed E-state index contributed by atoms with van der Waals surface area (Å²) in [6.07, 6.45) is 3.94. The van der Waals surface area contributed by atoms with Gasteiger partial charge < -0.3 is 10.6 Å². The summed E-state index contributed by atoms with van der Waals surface area (Å²) >= 11 is 1.82. The van der Waals surface area contributed by atoms with Crippen LogP contribution in [0.15, 0.2) is 41.5 Å². The van der Waals surface area contributed by atoms with Gasteiger partial charge in [-0.3, -0.25) is 4.98 Å². The summed E-state index contributed by atoms with van der Waals surface area (Å²) in [6, 6.07) is 10.3. The first-order valence-electron chi connectivity index (χ1n) is 7.19. The maximum Gasteiger partial charge on any atom is 0.191 e. The molecule has 0 aliphatic heterocycles. The molecule has 0 aliphatic rings. The largest absolute Gasteiger partial charge is 0.357 e. The van der Waals surface area contributed by atoms with Crippen LogP contribution in [0, 0.1) is 0 Å². The molecule has 0 amide bonds. The van der Waals surface area contributed by atoms with E-state index in [1.807, 2.05) is 24.0 Å². The topological polar surface area (TPSA) is 49.3 Å². The normalized spacial score (nSPS) is 11.6. The molecule has 1 aromatic carbocycles. The van der Waals surface area contributed by atoms with Crippen molar-refractivity contribution >= 4 is 28.6 Å². The van der Waals surface area contributed by atoms with Gasteiger partial charge in [-0.15, -0.1) is 0 Å². The van der Waals surface area contributed by atoms with E-state index in [9.17, 15) is 0 Å². The summed E-state index contributed by atoms with van der Waals surface area (Å²) in [6.45, 7) is 4.48. The van der Waals surface area contributed by atoms with Gasteiger partial charge in [-0.1, -0.05) is 24.3 Å². The lowest BCUT2D eigenvalue weighted by Gasteiger charge is -2.11. The number of para-hydroxylation sites is 1. The van der Waals surface area contributed by atoms with Crippen LogP contribution in [0.2, 0.25) is 0 Å². The lowest BCUT2D eigenvalue weighted by molar-refractivity contribution is 0.844. The Bertz CT molecular complexity index is 592. The Hall–Kier alpha value is -1.75. The van der Waals surface area contributed by atoms with Crippen LogP contribution in [0.1, 0.15) is 12.5 Å². The third kappa shape index (κ3) is 4.63. The van der Waals surface area contributed by atoms with Crippen molar-refractivity contribution in [3.8, 4) is 0 Å². The Kier molecular flexibility index (Phi) is 6.34. The van der Waals surface area contributed by atoms with Crippen LogP contribution >= 0.6 is 11.8 Å². The lowest BCUT2D eigenvalue weighted by atomic mass is 10.1. The molecule has 112 valence electrons. The van der Waals surface area contributed by atoms with E-state index in [2.05, 4.69) is 58.1 Å². The molecule has 4 nitrogen and oxygen atoms in total.